The summed E-state index contributed by atoms with van der Waals surface area (Å²) in [6, 6.07) is 15.7. The number of hydrogen-bond acceptors (Lipinski definition) is 2. The van der Waals surface area contributed by atoms with E-state index in [0.29, 0.717) is 6.54 Å². The Morgan fingerprint density at radius 2 is 1.64 bits per heavy atom. The molecule has 0 aliphatic carbocycles. The van der Waals surface area contributed by atoms with Crippen molar-refractivity contribution in [1.29, 1.82) is 0 Å². The fourth-order valence-electron chi connectivity index (χ4n) is 3.09. The van der Waals surface area contributed by atoms with Gasteiger partial charge < -0.3 is 0 Å². The Morgan fingerprint density at radius 3 is 2.27 bits per heavy atom. The number of aryl methyl sites for hydroxylation is 2. The van der Waals surface area contributed by atoms with Crippen LogP contribution in [0.2, 0.25) is 0 Å². The fourth-order valence-corrected chi connectivity index (χ4v) is 3.09. The van der Waals surface area contributed by atoms with Crippen LogP contribution in [0.3, 0.4) is 0 Å². The zero-order valence-corrected chi connectivity index (χ0v) is 12.9. The van der Waals surface area contributed by atoms with Crippen molar-refractivity contribution in [2.24, 2.45) is 0 Å². The van der Waals surface area contributed by atoms with E-state index in [1.165, 1.54) is 4.90 Å². The van der Waals surface area contributed by atoms with Crippen LogP contribution in [-0.4, -0.2) is 16.7 Å². The van der Waals surface area contributed by atoms with Gasteiger partial charge >= 0.3 is 0 Å². The number of hydrogen-bond donors (Lipinski definition) is 0. The quantitative estimate of drug-likeness (QED) is 0.814. The number of carbonyl (C=O) groups excluding carboxylic acids is 2. The van der Waals surface area contributed by atoms with E-state index in [9.17, 15) is 9.59 Å². The molecule has 3 heteroatoms. The predicted octanol–water partition coefficient (Wildman–Crippen LogP) is 3.35. The molecule has 0 N–H and O–H groups in total. The summed E-state index contributed by atoms with van der Waals surface area (Å²) < 4.78 is 0. The molecule has 22 heavy (non-hydrogen) atoms. The molecule has 0 unspecified atom stereocenters. The first-order valence-electron chi connectivity index (χ1n) is 7.51. The van der Waals surface area contributed by atoms with E-state index in [2.05, 4.69) is 6.07 Å². The topological polar surface area (TPSA) is 37.4 Å². The molecular formula is C19H19NO2. The molecule has 1 saturated heterocycles. The van der Waals surface area contributed by atoms with Crippen molar-refractivity contribution < 1.29 is 9.59 Å². The van der Waals surface area contributed by atoms with Gasteiger partial charge in [0.25, 0.3) is 0 Å². The normalized spacial score (nSPS) is 18.1. The Labute approximate surface area is 130 Å². The third-order valence-corrected chi connectivity index (χ3v) is 4.07. The number of amides is 2. The molecule has 0 bridgehead atoms. The molecule has 1 aliphatic rings. The molecule has 0 radical (unpaired) electrons. The van der Waals surface area contributed by atoms with E-state index < -0.39 is 0 Å². The summed E-state index contributed by atoms with van der Waals surface area (Å²) >= 11 is 0. The molecule has 1 atom stereocenters. The average molecular weight is 293 g/mol. The van der Waals surface area contributed by atoms with Gasteiger partial charge in [-0.1, -0.05) is 59.7 Å². The van der Waals surface area contributed by atoms with Crippen LogP contribution in [0.15, 0.2) is 48.5 Å². The highest BCUT2D eigenvalue weighted by Gasteiger charge is 2.39. The van der Waals surface area contributed by atoms with Crippen molar-refractivity contribution in [1.82, 2.24) is 4.90 Å². The molecule has 2 aromatic rings. The lowest BCUT2D eigenvalue weighted by Gasteiger charge is -2.15. The van der Waals surface area contributed by atoms with Crippen LogP contribution in [0.1, 0.15) is 34.6 Å². The second kappa shape index (κ2) is 5.76. The summed E-state index contributed by atoms with van der Waals surface area (Å²) in [7, 11) is 0. The molecule has 1 heterocycles. The van der Waals surface area contributed by atoms with E-state index in [4.69, 9.17) is 0 Å². The fraction of sp³-hybridized carbons (Fsp3) is 0.263. The Bertz CT molecular complexity index is 701. The number of carbonyl (C=O) groups is 2. The Kier molecular flexibility index (Phi) is 3.80. The second-order valence-corrected chi connectivity index (χ2v) is 5.98. The first-order chi connectivity index (χ1) is 10.5. The molecule has 2 aromatic carbocycles. The zero-order chi connectivity index (χ0) is 15.7. The van der Waals surface area contributed by atoms with Crippen LogP contribution >= 0.6 is 0 Å². The third-order valence-electron chi connectivity index (χ3n) is 4.07. The van der Waals surface area contributed by atoms with E-state index in [-0.39, 0.29) is 24.2 Å². The number of benzene rings is 2. The zero-order valence-electron chi connectivity index (χ0n) is 12.9. The van der Waals surface area contributed by atoms with Crippen molar-refractivity contribution in [3.63, 3.8) is 0 Å². The van der Waals surface area contributed by atoms with E-state index in [0.717, 1.165) is 22.3 Å². The summed E-state index contributed by atoms with van der Waals surface area (Å²) in [5.41, 5.74) is 4.17. The molecule has 1 fully saturated rings. The van der Waals surface area contributed by atoms with Gasteiger partial charge in [0.05, 0.1) is 12.5 Å². The Balaban J connectivity index is 1.85. The number of imide groups is 1. The molecule has 0 spiro atoms. The first kappa shape index (κ1) is 14.5. The van der Waals surface area contributed by atoms with Crippen molar-refractivity contribution >= 4 is 11.8 Å². The van der Waals surface area contributed by atoms with E-state index in [1.54, 1.807) is 0 Å². The molecular weight excluding hydrogens is 274 g/mol. The highest BCUT2D eigenvalue weighted by molar-refractivity contribution is 6.06. The van der Waals surface area contributed by atoms with Crippen LogP contribution in [0.5, 0.6) is 0 Å². The standard InChI is InChI=1S/C19H19NO2/c1-13-8-14(2)10-16(9-13)17-11-18(21)20(19(17)22)12-15-6-4-3-5-7-15/h3-10,17H,11-12H2,1-2H3/t17-/m0/s1. The summed E-state index contributed by atoms with van der Waals surface area (Å²) in [6.07, 6.45) is 0.272. The van der Waals surface area contributed by atoms with Gasteiger partial charge in [-0.2, -0.15) is 0 Å². The number of likely N-dealkylation sites (tertiary alicyclic amines) is 1. The van der Waals surface area contributed by atoms with Crippen molar-refractivity contribution in [2.45, 2.75) is 32.7 Å². The lowest BCUT2D eigenvalue weighted by atomic mass is 9.94. The predicted molar refractivity (Wildman–Crippen MR) is 85.3 cm³/mol. The second-order valence-electron chi connectivity index (χ2n) is 5.98. The SMILES string of the molecule is Cc1cc(C)cc([C@@H]2CC(=O)N(Cc3ccccc3)C2=O)c1. The van der Waals surface area contributed by atoms with Gasteiger partial charge in [0.15, 0.2) is 0 Å². The minimum Gasteiger partial charge on any atom is -0.278 e. The van der Waals surface area contributed by atoms with Crippen molar-refractivity contribution in [3.8, 4) is 0 Å². The Morgan fingerprint density at radius 1 is 1.00 bits per heavy atom. The van der Waals surface area contributed by atoms with Gasteiger partial charge in [0.1, 0.15) is 0 Å². The van der Waals surface area contributed by atoms with E-state index >= 15 is 0 Å². The minimum absolute atomic E-state index is 0.0844. The summed E-state index contributed by atoms with van der Waals surface area (Å²) in [5, 5.41) is 0. The number of nitrogens with zero attached hydrogens (tertiary/aromatic N) is 1. The maximum atomic E-state index is 12.6. The molecule has 3 nitrogen and oxygen atoms in total. The van der Waals surface area contributed by atoms with Gasteiger partial charge in [-0.25, -0.2) is 0 Å². The van der Waals surface area contributed by atoms with Gasteiger partial charge in [-0.05, 0) is 25.0 Å². The smallest absolute Gasteiger partial charge is 0.237 e. The maximum Gasteiger partial charge on any atom is 0.237 e. The van der Waals surface area contributed by atoms with Gasteiger partial charge in [-0.15, -0.1) is 0 Å². The van der Waals surface area contributed by atoms with Crippen LogP contribution in [0, 0.1) is 13.8 Å². The van der Waals surface area contributed by atoms with Gasteiger partial charge in [0.2, 0.25) is 11.8 Å². The average Bonchev–Trinajstić information content (AvgIpc) is 2.75. The monoisotopic (exact) mass is 293 g/mol. The summed E-state index contributed by atoms with van der Waals surface area (Å²) in [6.45, 7) is 4.39. The van der Waals surface area contributed by atoms with E-state index in [1.807, 2.05) is 56.3 Å². The molecule has 1 aliphatic heterocycles. The molecule has 2 amide bonds. The highest BCUT2D eigenvalue weighted by atomic mass is 16.2. The van der Waals surface area contributed by atoms with Crippen LogP contribution in [0.4, 0.5) is 0 Å². The lowest BCUT2D eigenvalue weighted by molar-refractivity contribution is -0.139. The highest BCUT2D eigenvalue weighted by Crippen LogP contribution is 2.31. The third kappa shape index (κ3) is 2.80. The largest absolute Gasteiger partial charge is 0.278 e. The van der Waals surface area contributed by atoms with Crippen molar-refractivity contribution in [2.75, 3.05) is 0 Å². The first-order valence-corrected chi connectivity index (χ1v) is 7.51. The summed E-state index contributed by atoms with van der Waals surface area (Å²) in [4.78, 5) is 26.3. The minimum atomic E-state index is -0.338. The number of rotatable bonds is 3. The summed E-state index contributed by atoms with van der Waals surface area (Å²) in [5.74, 6) is -0.508. The molecule has 3 rings (SSSR count). The molecule has 0 saturated carbocycles. The Hall–Kier alpha value is -2.42. The van der Waals surface area contributed by atoms with Gasteiger partial charge in [0, 0.05) is 6.42 Å². The lowest BCUT2D eigenvalue weighted by Crippen LogP contribution is -2.29. The maximum absolute atomic E-state index is 12.6. The van der Waals surface area contributed by atoms with Gasteiger partial charge in [-0.3, -0.25) is 14.5 Å². The van der Waals surface area contributed by atoms with Crippen LogP contribution in [-0.2, 0) is 16.1 Å². The van der Waals surface area contributed by atoms with Crippen LogP contribution < -0.4 is 0 Å². The molecule has 112 valence electrons. The molecule has 0 aromatic heterocycles. The van der Waals surface area contributed by atoms with Crippen LogP contribution in [0.25, 0.3) is 0 Å². The van der Waals surface area contributed by atoms with Crippen molar-refractivity contribution in [3.05, 3.63) is 70.8 Å².